The number of sulfonamides is 1. The van der Waals surface area contributed by atoms with Crippen molar-refractivity contribution in [3.05, 3.63) is 65.0 Å². The molecular weight excluding hydrogens is 322 g/mol. The lowest BCUT2D eigenvalue weighted by Gasteiger charge is -2.25. The van der Waals surface area contributed by atoms with E-state index in [2.05, 4.69) is 0 Å². The lowest BCUT2D eigenvalue weighted by atomic mass is 10.2. The van der Waals surface area contributed by atoms with Crippen LogP contribution in [-0.2, 0) is 16.6 Å². The fourth-order valence-electron chi connectivity index (χ4n) is 3.10. The molecule has 0 N–H and O–H groups in total. The molecule has 0 atom stereocenters. The molecular formula is C19H23NO3S. The Morgan fingerprint density at radius 2 is 1.88 bits per heavy atom. The van der Waals surface area contributed by atoms with Gasteiger partial charge in [0.05, 0.1) is 12.8 Å². The highest BCUT2D eigenvalue weighted by Gasteiger charge is 2.31. The monoisotopic (exact) mass is 345 g/mol. The SMILES string of the molecule is Cc1ccc(/C=C/S(=O)(=O)N(Cc2ccco2)C2CCCC2)cc1. The summed E-state index contributed by atoms with van der Waals surface area (Å²) in [7, 11) is -3.50. The molecule has 4 nitrogen and oxygen atoms in total. The maximum absolute atomic E-state index is 12.9. The van der Waals surface area contributed by atoms with E-state index in [1.54, 1.807) is 22.7 Å². The van der Waals surface area contributed by atoms with Crippen LogP contribution in [0.25, 0.3) is 6.08 Å². The van der Waals surface area contributed by atoms with Crippen LogP contribution in [0.15, 0.2) is 52.5 Å². The van der Waals surface area contributed by atoms with Gasteiger partial charge in [-0.05, 0) is 43.5 Å². The van der Waals surface area contributed by atoms with Gasteiger partial charge in [-0.15, -0.1) is 0 Å². The lowest BCUT2D eigenvalue weighted by Crippen LogP contribution is -2.36. The van der Waals surface area contributed by atoms with Crippen LogP contribution < -0.4 is 0 Å². The molecule has 1 aliphatic rings. The number of furan rings is 1. The van der Waals surface area contributed by atoms with E-state index in [1.807, 2.05) is 37.3 Å². The van der Waals surface area contributed by atoms with Gasteiger partial charge in [0, 0.05) is 11.4 Å². The number of rotatable bonds is 6. The first-order valence-electron chi connectivity index (χ1n) is 8.33. The van der Waals surface area contributed by atoms with Crippen molar-refractivity contribution in [3.8, 4) is 0 Å². The molecule has 0 spiro atoms. The Kier molecular flexibility index (Phi) is 5.21. The number of nitrogens with zero attached hydrogens (tertiary/aromatic N) is 1. The Hall–Kier alpha value is -1.85. The average Bonchev–Trinajstić information content (AvgIpc) is 3.25. The molecule has 0 radical (unpaired) electrons. The van der Waals surface area contributed by atoms with E-state index in [0.29, 0.717) is 5.76 Å². The molecule has 2 aromatic rings. The van der Waals surface area contributed by atoms with Crippen LogP contribution in [0.2, 0.25) is 0 Å². The Morgan fingerprint density at radius 1 is 1.17 bits per heavy atom. The van der Waals surface area contributed by atoms with Crippen molar-refractivity contribution in [1.82, 2.24) is 4.31 Å². The summed E-state index contributed by atoms with van der Waals surface area (Å²) in [6.45, 7) is 2.30. The van der Waals surface area contributed by atoms with Gasteiger partial charge in [0.25, 0.3) is 0 Å². The van der Waals surface area contributed by atoms with Gasteiger partial charge in [-0.2, -0.15) is 4.31 Å². The molecule has 1 saturated carbocycles. The van der Waals surface area contributed by atoms with Crippen LogP contribution in [0, 0.1) is 6.92 Å². The third-order valence-corrected chi connectivity index (χ3v) is 6.02. The Labute approximate surface area is 143 Å². The summed E-state index contributed by atoms with van der Waals surface area (Å²) in [5.41, 5.74) is 2.04. The van der Waals surface area contributed by atoms with Crippen LogP contribution >= 0.6 is 0 Å². The molecule has 1 fully saturated rings. The number of aryl methyl sites for hydroxylation is 1. The zero-order valence-corrected chi connectivity index (χ0v) is 14.7. The quantitative estimate of drug-likeness (QED) is 0.783. The fraction of sp³-hybridized carbons (Fsp3) is 0.368. The molecule has 24 heavy (non-hydrogen) atoms. The van der Waals surface area contributed by atoms with Crippen molar-refractivity contribution in [3.63, 3.8) is 0 Å². The van der Waals surface area contributed by atoms with Gasteiger partial charge in [0.15, 0.2) is 0 Å². The third kappa shape index (κ3) is 4.16. The minimum absolute atomic E-state index is 0.0581. The van der Waals surface area contributed by atoms with E-state index in [-0.39, 0.29) is 12.6 Å². The molecule has 1 aliphatic carbocycles. The second kappa shape index (κ2) is 7.36. The van der Waals surface area contributed by atoms with E-state index in [9.17, 15) is 8.42 Å². The summed E-state index contributed by atoms with van der Waals surface area (Å²) in [6.07, 6.45) is 7.24. The molecule has 0 unspecified atom stereocenters. The van der Waals surface area contributed by atoms with Crippen molar-refractivity contribution >= 4 is 16.1 Å². The second-order valence-electron chi connectivity index (χ2n) is 6.32. The molecule has 1 heterocycles. The van der Waals surface area contributed by atoms with Gasteiger partial charge in [-0.1, -0.05) is 42.7 Å². The standard InChI is InChI=1S/C19H23NO3S/c1-16-8-10-17(11-9-16)12-14-24(21,22)20(18-5-2-3-6-18)15-19-7-4-13-23-19/h4,7-14,18H,2-3,5-6,15H2,1H3/b14-12+. The van der Waals surface area contributed by atoms with E-state index in [4.69, 9.17) is 4.42 Å². The summed E-state index contributed by atoms with van der Waals surface area (Å²) >= 11 is 0. The Bertz CT molecular complexity index is 771. The van der Waals surface area contributed by atoms with Crippen LogP contribution in [0.4, 0.5) is 0 Å². The highest BCUT2D eigenvalue weighted by atomic mass is 32.2. The van der Waals surface area contributed by atoms with Crippen LogP contribution in [0.5, 0.6) is 0 Å². The van der Waals surface area contributed by atoms with Crippen LogP contribution in [0.1, 0.15) is 42.6 Å². The number of benzene rings is 1. The van der Waals surface area contributed by atoms with E-state index >= 15 is 0 Å². The van der Waals surface area contributed by atoms with Gasteiger partial charge in [0.2, 0.25) is 10.0 Å². The molecule has 128 valence electrons. The normalized spacial score (nSPS) is 16.4. The van der Waals surface area contributed by atoms with E-state index in [1.165, 1.54) is 5.41 Å². The molecule has 3 rings (SSSR count). The van der Waals surface area contributed by atoms with Crippen molar-refractivity contribution in [2.45, 2.75) is 45.2 Å². The van der Waals surface area contributed by atoms with Gasteiger partial charge < -0.3 is 4.42 Å². The fourth-order valence-corrected chi connectivity index (χ4v) is 4.51. The summed E-state index contributed by atoms with van der Waals surface area (Å²) in [4.78, 5) is 0. The summed E-state index contributed by atoms with van der Waals surface area (Å²) in [6, 6.07) is 11.5. The zero-order valence-electron chi connectivity index (χ0n) is 13.9. The number of hydrogen-bond donors (Lipinski definition) is 0. The predicted molar refractivity (Wildman–Crippen MR) is 95.6 cm³/mol. The van der Waals surface area contributed by atoms with Gasteiger partial charge in [-0.3, -0.25) is 0 Å². The van der Waals surface area contributed by atoms with Crippen LogP contribution in [-0.4, -0.2) is 18.8 Å². The van der Waals surface area contributed by atoms with Crippen molar-refractivity contribution in [2.75, 3.05) is 0 Å². The second-order valence-corrected chi connectivity index (χ2v) is 8.09. The van der Waals surface area contributed by atoms with E-state index in [0.717, 1.165) is 36.8 Å². The van der Waals surface area contributed by atoms with Gasteiger partial charge in [-0.25, -0.2) is 8.42 Å². The third-order valence-electron chi connectivity index (χ3n) is 4.46. The summed E-state index contributed by atoms with van der Waals surface area (Å²) in [5.74, 6) is 0.675. The highest BCUT2D eigenvalue weighted by molar-refractivity contribution is 7.92. The predicted octanol–water partition coefficient (Wildman–Crippen LogP) is 4.33. The molecule has 1 aromatic carbocycles. The minimum Gasteiger partial charge on any atom is -0.468 e. The average molecular weight is 345 g/mol. The summed E-state index contributed by atoms with van der Waals surface area (Å²) < 4.78 is 32.7. The molecule has 5 heteroatoms. The lowest BCUT2D eigenvalue weighted by molar-refractivity contribution is 0.295. The minimum atomic E-state index is -3.50. The van der Waals surface area contributed by atoms with Crippen molar-refractivity contribution in [1.29, 1.82) is 0 Å². The van der Waals surface area contributed by atoms with Gasteiger partial charge in [0.1, 0.15) is 5.76 Å². The Morgan fingerprint density at radius 3 is 2.50 bits per heavy atom. The molecule has 0 amide bonds. The smallest absolute Gasteiger partial charge is 0.236 e. The molecule has 0 saturated heterocycles. The molecule has 0 aliphatic heterocycles. The first kappa shape index (κ1) is 17.0. The van der Waals surface area contributed by atoms with Crippen molar-refractivity contribution in [2.24, 2.45) is 0 Å². The number of hydrogen-bond acceptors (Lipinski definition) is 3. The zero-order chi connectivity index (χ0) is 17.0. The maximum Gasteiger partial charge on any atom is 0.236 e. The Balaban J connectivity index is 1.82. The van der Waals surface area contributed by atoms with Crippen molar-refractivity contribution < 1.29 is 12.8 Å². The van der Waals surface area contributed by atoms with E-state index < -0.39 is 10.0 Å². The topological polar surface area (TPSA) is 50.5 Å². The largest absolute Gasteiger partial charge is 0.468 e. The maximum atomic E-state index is 12.9. The van der Waals surface area contributed by atoms with Gasteiger partial charge >= 0.3 is 0 Å². The molecule has 0 bridgehead atoms. The molecule has 1 aromatic heterocycles. The summed E-state index contributed by atoms with van der Waals surface area (Å²) in [5, 5.41) is 1.32. The first-order valence-corrected chi connectivity index (χ1v) is 9.84. The highest BCUT2D eigenvalue weighted by Crippen LogP contribution is 2.28. The first-order chi connectivity index (χ1) is 11.5. The van der Waals surface area contributed by atoms with Crippen LogP contribution in [0.3, 0.4) is 0 Å².